The normalized spacial score (nSPS) is 21.3. The van der Waals surface area contributed by atoms with Gasteiger partial charge in [-0.3, -0.25) is 0 Å². The minimum absolute atomic E-state index is 0.0547. The molecule has 106 valence electrons. The molecule has 2 rings (SSSR count). The van der Waals surface area contributed by atoms with E-state index in [1.807, 2.05) is 13.0 Å². The van der Waals surface area contributed by atoms with Crippen LogP contribution < -0.4 is 5.32 Å². The SMILES string of the molecule is CCCNC(c1ccc(C)c(Cl)c1)C1COCCO1. The van der Waals surface area contributed by atoms with E-state index in [1.54, 1.807) is 0 Å². The van der Waals surface area contributed by atoms with Crippen LogP contribution in [-0.4, -0.2) is 32.5 Å². The molecule has 1 aromatic rings. The summed E-state index contributed by atoms with van der Waals surface area (Å²) in [6.45, 7) is 7.11. The standard InChI is InChI=1S/C15H22ClNO2/c1-3-6-17-15(14-10-18-7-8-19-14)12-5-4-11(2)13(16)9-12/h4-5,9,14-15,17H,3,6-8,10H2,1-2H3. The van der Waals surface area contributed by atoms with Crippen molar-refractivity contribution in [1.82, 2.24) is 5.32 Å². The largest absolute Gasteiger partial charge is 0.376 e. The number of aryl methyl sites for hydroxylation is 1. The minimum Gasteiger partial charge on any atom is -0.376 e. The molecule has 3 nitrogen and oxygen atoms in total. The van der Waals surface area contributed by atoms with Crippen LogP contribution in [0.2, 0.25) is 5.02 Å². The van der Waals surface area contributed by atoms with Crippen LogP contribution in [0.15, 0.2) is 18.2 Å². The van der Waals surface area contributed by atoms with Gasteiger partial charge in [0.25, 0.3) is 0 Å². The number of rotatable bonds is 5. The van der Waals surface area contributed by atoms with Crippen molar-refractivity contribution in [2.45, 2.75) is 32.4 Å². The summed E-state index contributed by atoms with van der Waals surface area (Å²) in [6.07, 6.45) is 1.14. The topological polar surface area (TPSA) is 30.5 Å². The highest BCUT2D eigenvalue weighted by Gasteiger charge is 2.26. The maximum absolute atomic E-state index is 6.23. The Labute approximate surface area is 120 Å². The van der Waals surface area contributed by atoms with Crippen molar-refractivity contribution >= 4 is 11.6 Å². The first-order chi connectivity index (χ1) is 9.22. The van der Waals surface area contributed by atoms with E-state index in [0.717, 1.165) is 23.6 Å². The molecule has 0 spiro atoms. The van der Waals surface area contributed by atoms with Crippen LogP contribution in [0.25, 0.3) is 0 Å². The molecule has 0 aromatic heterocycles. The molecule has 1 N–H and O–H groups in total. The Balaban J connectivity index is 2.17. The molecule has 19 heavy (non-hydrogen) atoms. The van der Waals surface area contributed by atoms with Gasteiger partial charge in [-0.15, -0.1) is 0 Å². The fourth-order valence-electron chi connectivity index (χ4n) is 2.26. The van der Waals surface area contributed by atoms with E-state index in [4.69, 9.17) is 21.1 Å². The highest BCUT2D eigenvalue weighted by molar-refractivity contribution is 6.31. The number of nitrogens with one attached hydrogen (secondary N) is 1. The Kier molecular flexibility index (Phi) is 5.64. The van der Waals surface area contributed by atoms with Crippen molar-refractivity contribution in [1.29, 1.82) is 0 Å². The van der Waals surface area contributed by atoms with E-state index >= 15 is 0 Å². The van der Waals surface area contributed by atoms with Crippen molar-refractivity contribution in [2.24, 2.45) is 0 Å². The zero-order valence-electron chi connectivity index (χ0n) is 11.6. The molecule has 1 heterocycles. The molecule has 1 fully saturated rings. The van der Waals surface area contributed by atoms with Gasteiger partial charge >= 0.3 is 0 Å². The molecule has 0 saturated carbocycles. The highest BCUT2D eigenvalue weighted by atomic mass is 35.5. The molecule has 1 saturated heterocycles. The molecule has 1 aromatic carbocycles. The molecule has 0 amide bonds. The van der Waals surface area contributed by atoms with Crippen LogP contribution in [-0.2, 0) is 9.47 Å². The minimum atomic E-state index is 0.0547. The summed E-state index contributed by atoms with van der Waals surface area (Å²) in [7, 11) is 0. The van der Waals surface area contributed by atoms with E-state index in [2.05, 4.69) is 24.4 Å². The van der Waals surface area contributed by atoms with Crippen molar-refractivity contribution in [3.63, 3.8) is 0 Å². The fourth-order valence-corrected chi connectivity index (χ4v) is 2.45. The first kappa shape index (κ1) is 14.8. The van der Waals surface area contributed by atoms with Crippen molar-refractivity contribution in [2.75, 3.05) is 26.4 Å². The van der Waals surface area contributed by atoms with Gasteiger partial charge in [0.05, 0.1) is 25.9 Å². The molecule has 4 heteroatoms. The first-order valence-corrected chi connectivity index (χ1v) is 7.29. The molecular formula is C15H22ClNO2. The van der Waals surface area contributed by atoms with Crippen LogP contribution >= 0.6 is 11.6 Å². The lowest BCUT2D eigenvalue weighted by Gasteiger charge is -2.31. The highest BCUT2D eigenvalue weighted by Crippen LogP contribution is 2.26. The number of benzene rings is 1. The van der Waals surface area contributed by atoms with Crippen molar-refractivity contribution < 1.29 is 9.47 Å². The quantitative estimate of drug-likeness (QED) is 0.901. The van der Waals surface area contributed by atoms with Gasteiger partial charge in [-0.25, -0.2) is 0 Å². The van der Waals surface area contributed by atoms with Crippen LogP contribution in [0.1, 0.15) is 30.5 Å². The average Bonchev–Trinajstić information content (AvgIpc) is 2.44. The van der Waals surface area contributed by atoms with E-state index in [-0.39, 0.29) is 12.1 Å². The van der Waals surface area contributed by atoms with Gasteiger partial charge in [0, 0.05) is 5.02 Å². The monoisotopic (exact) mass is 283 g/mol. The van der Waals surface area contributed by atoms with Gasteiger partial charge < -0.3 is 14.8 Å². The van der Waals surface area contributed by atoms with Gasteiger partial charge in [-0.2, -0.15) is 0 Å². The summed E-state index contributed by atoms with van der Waals surface area (Å²) >= 11 is 6.23. The summed E-state index contributed by atoms with van der Waals surface area (Å²) in [4.78, 5) is 0. The van der Waals surface area contributed by atoms with Crippen LogP contribution in [0.5, 0.6) is 0 Å². The number of halogens is 1. The fraction of sp³-hybridized carbons (Fsp3) is 0.600. The Morgan fingerprint density at radius 1 is 1.42 bits per heavy atom. The van der Waals surface area contributed by atoms with Gasteiger partial charge in [-0.05, 0) is 37.1 Å². The summed E-state index contributed by atoms with van der Waals surface area (Å²) in [5.74, 6) is 0. The molecule has 0 radical (unpaired) electrons. The molecule has 2 atom stereocenters. The smallest absolute Gasteiger partial charge is 0.100 e. The third-order valence-corrected chi connectivity index (χ3v) is 3.79. The first-order valence-electron chi connectivity index (χ1n) is 6.91. The summed E-state index contributed by atoms with van der Waals surface area (Å²) in [5.41, 5.74) is 2.26. The van der Waals surface area contributed by atoms with Gasteiger partial charge in [0.1, 0.15) is 6.10 Å². The summed E-state index contributed by atoms with van der Waals surface area (Å²) in [5, 5.41) is 4.34. The predicted octanol–water partition coefficient (Wildman–Crippen LogP) is 3.10. The van der Waals surface area contributed by atoms with E-state index in [1.165, 1.54) is 5.56 Å². The van der Waals surface area contributed by atoms with E-state index < -0.39 is 0 Å². The Bertz CT molecular complexity index is 405. The maximum atomic E-state index is 6.23. The molecule has 1 aliphatic heterocycles. The molecule has 1 aliphatic rings. The second-order valence-electron chi connectivity index (χ2n) is 4.92. The van der Waals surface area contributed by atoms with Gasteiger partial charge in [0.2, 0.25) is 0 Å². The van der Waals surface area contributed by atoms with E-state index in [0.29, 0.717) is 19.8 Å². The Hall–Kier alpha value is -0.610. The average molecular weight is 284 g/mol. The van der Waals surface area contributed by atoms with E-state index in [9.17, 15) is 0 Å². The maximum Gasteiger partial charge on any atom is 0.100 e. The summed E-state index contributed by atoms with van der Waals surface area (Å²) < 4.78 is 11.4. The van der Waals surface area contributed by atoms with Crippen LogP contribution in [0, 0.1) is 6.92 Å². The zero-order valence-corrected chi connectivity index (χ0v) is 12.4. The number of ether oxygens (including phenoxy) is 2. The lowest BCUT2D eigenvalue weighted by Crippen LogP contribution is -2.40. The summed E-state index contributed by atoms with van der Waals surface area (Å²) in [6, 6.07) is 6.34. The number of hydrogen-bond acceptors (Lipinski definition) is 3. The molecule has 0 bridgehead atoms. The molecular weight excluding hydrogens is 262 g/mol. The van der Waals surface area contributed by atoms with Crippen molar-refractivity contribution in [3.8, 4) is 0 Å². The molecule has 2 unspecified atom stereocenters. The Morgan fingerprint density at radius 2 is 2.26 bits per heavy atom. The Morgan fingerprint density at radius 3 is 2.89 bits per heavy atom. The third-order valence-electron chi connectivity index (χ3n) is 3.38. The van der Waals surface area contributed by atoms with Gasteiger partial charge in [0.15, 0.2) is 0 Å². The second kappa shape index (κ2) is 7.25. The second-order valence-corrected chi connectivity index (χ2v) is 5.33. The van der Waals surface area contributed by atoms with Crippen LogP contribution in [0.3, 0.4) is 0 Å². The predicted molar refractivity (Wildman–Crippen MR) is 77.8 cm³/mol. The van der Waals surface area contributed by atoms with Crippen LogP contribution in [0.4, 0.5) is 0 Å². The van der Waals surface area contributed by atoms with Gasteiger partial charge in [-0.1, -0.05) is 30.7 Å². The zero-order chi connectivity index (χ0) is 13.7. The molecule has 0 aliphatic carbocycles. The van der Waals surface area contributed by atoms with Crippen molar-refractivity contribution in [3.05, 3.63) is 34.3 Å². The third kappa shape index (κ3) is 3.93. The number of hydrogen-bond donors (Lipinski definition) is 1. The lowest BCUT2D eigenvalue weighted by atomic mass is 9.99. The lowest BCUT2D eigenvalue weighted by molar-refractivity contribution is -0.102.